The highest BCUT2D eigenvalue weighted by Crippen LogP contribution is 2.43. The summed E-state index contributed by atoms with van der Waals surface area (Å²) in [5, 5.41) is 4.00. The van der Waals surface area contributed by atoms with Gasteiger partial charge in [0.05, 0.1) is 12.0 Å². The van der Waals surface area contributed by atoms with Crippen LogP contribution in [0, 0.1) is 17.8 Å². The van der Waals surface area contributed by atoms with Gasteiger partial charge in [-0.15, -0.1) is 0 Å². The second-order valence-electron chi connectivity index (χ2n) is 6.49. The summed E-state index contributed by atoms with van der Waals surface area (Å²) in [7, 11) is -2.26. The predicted molar refractivity (Wildman–Crippen MR) is 107 cm³/mol. The van der Waals surface area contributed by atoms with Crippen LogP contribution in [-0.4, -0.2) is 31.6 Å². The molecule has 0 amide bonds. The number of methoxy groups -OCH3 is 1. The summed E-state index contributed by atoms with van der Waals surface area (Å²) in [6.45, 7) is 1.36. The summed E-state index contributed by atoms with van der Waals surface area (Å²) in [5.74, 6) is 1.40. The number of benzene rings is 2. The molecule has 0 aliphatic rings. The van der Waals surface area contributed by atoms with Crippen molar-refractivity contribution in [1.82, 2.24) is 9.78 Å². The minimum atomic E-state index is -4.85. The van der Waals surface area contributed by atoms with Gasteiger partial charge in [0.15, 0.2) is 27.1 Å². The Morgan fingerprint density at radius 3 is 2.16 bits per heavy atom. The van der Waals surface area contributed by atoms with E-state index < -0.39 is 27.5 Å². The Balaban J connectivity index is 2.35. The van der Waals surface area contributed by atoms with E-state index >= 15 is 0 Å². The van der Waals surface area contributed by atoms with Gasteiger partial charge in [-0.3, -0.25) is 0 Å². The van der Waals surface area contributed by atoms with Crippen LogP contribution in [0.25, 0.3) is 22.4 Å². The van der Waals surface area contributed by atoms with Crippen molar-refractivity contribution in [2.45, 2.75) is 18.0 Å². The van der Waals surface area contributed by atoms with E-state index in [1.165, 1.54) is 50.4 Å². The average Bonchev–Trinajstić information content (AvgIpc) is 3.07. The number of halogens is 4. The van der Waals surface area contributed by atoms with Crippen molar-refractivity contribution in [1.29, 1.82) is 0 Å². The maximum atomic E-state index is 14.3. The fraction of sp³-hybridized carbons (Fsp3) is 0.190. The van der Waals surface area contributed by atoms with E-state index in [0.29, 0.717) is 4.68 Å². The van der Waals surface area contributed by atoms with E-state index in [4.69, 9.17) is 4.74 Å². The highest BCUT2D eigenvalue weighted by atomic mass is 32.2. The number of rotatable bonds is 4. The van der Waals surface area contributed by atoms with Crippen LogP contribution in [0.2, 0.25) is 0 Å². The van der Waals surface area contributed by atoms with Gasteiger partial charge in [-0.2, -0.15) is 23.0 Å². The fourth-order valence-corrected chi connectivity index (χ4v) is 3.65. The van der Waals surface area contributed by atoms with E-state index in [9.17, 15) is 26.0 Å². The molecule has 0 bridgehead atoms. The lowest BCUT2D eigenvalue weighted by atomic mass is 9.98. The Hall–Kier alpha value is -3.32. The second-order valence-corrected chi connectivity index (χ2v) is 8.51. The van der Waals surface area contributed by atoms with Crippen LogP contribution < -0.4 is 4.74 Å². The molecule has 0 saturated carbocycles. The van der Waals surface area contributed by atoms with Crippen LogP contribution in [0.1, 0.15) is 12.6 Å². The number of ether oxygens (including phenoxy) is 1. The minimum Gasteiger partial charge on any atom is -0.494 e. The molecule has 0 spiro atoms. The molecule has 1 heterocycles. The lowest BCUT2D eigenvalue weighted by Gasteiger charge is -2.11. The third-order valence-corrected chi connectivity index (χ3v) is 5.50. The van der Waals surface area contributed by atoms with E-state index in [1.54, 1.807) is 0 Å². The molecular formula is C21H16F4N2O3S. The van der Waals surface area contributed by atoms with E-state index in [2.05, 4.69) is 17.1 Å². The first-order valence-electron chi connectivity index (χ1n) is 8.74. The highest BCUT2D eigenvalue weighted by molar-refractivity contribution is 7.90. The van der Waals surface area contributed by atoms with Gasteiger partial charge in [-0.05, 0) is 36.8 Å². The standard InChI is InChI=1S/C21H16F4N2O3S/c1-4-11-27-20(21(23,24)25)18(14-7-10-17(30-2)16(22)12-14)19(26-27)13-5-8-15(9-6-13)31(3,28)29/h5-10,12H,1-3H3. The van der Waals surface area contributed by atoms with Crippen LogP contribution in [0.5, 0.6) is 5.75 Å². The number of sulfone groups is 1. The molecule has 31 heavy (non-hydrogen) atoms. The summed E-state index contributed by atoms with van der Waals surface area (Å²) in [6.07, 6.45) is -3.84. The van der Waals surface area contributed by atoms with Crippen molar-refractivity contribution in [2.75, 3.05) is 13.4 Å². The van der Waals surface area contributed by atoms with Crippen molar-refractivity contribution < 1.29 is 30.7 Å². The molecule has 1 aromatic heterocycles. The van der Waals surface area contributed by atoms with Gasteiger partial charge in [0, 0.05) is 23.4 Å². The number of aromatic nitrogens is 2. The van der Waals surface area contributed by atoms with Gasteiger partial charge in [0.2, 0.25) is 0 Å². The molecule has 3 aromatic rings. The lowest BCUT2D eigenvalue weighted by Crippen LogP contribution is -2.13. The molecule has 0 radical (unpaired) electrons. The van der Waals surface area contributed by atoms with Crippen molar-refractivity contribution >= 4 is 9.84 Å². The molecule has 5 nitrogen and oxygen atoms in total. The third-order valence-electron chi connectivity index (χ3n) is 4.37. The summed E-state index contributed by atoms with van der Waals surface area (Å²) in [4.78, 5) is -0.00267. The Bertz CT molecular complexity index is 1300. The zero-order chi connectivity index (χ0) is 23.0. The highest BCUT2D eigenvalue weighted by Gasteiger charge is 2.41. The molecule has 0 atom stereocenters. The molecule has 0 unspecified atom stereocenters. The topological polar surface area (TPSA) is 61.2 Å². The molecule has 2 aromatic carbocycles. The van der Waals surface area contributed by atoms with Gasteiger partial charge in [-0.25, -0.2) is 12.8 Å². The first-order chi connectivity index (χ1) is 14.5. The van der Waals surface area contributed by atoms with E-state index in [0.717, 1.165) is 12.3 Å². The van der Waals surface area contributed by atoms with Gasteiger partial charge in [-0.1, -0.05) is 24.1 Å². The first-order valence-corrected chi connectivity index (χ1v) is 10.6. The molecular weight excluding hydrogens is 436 g/mol. The monoisotopic (exact) mass is 452 g/mol. The summed E-state index contributed by atoms with van der Waals surface area (Å²) in [6, 6.07) is 10.9. The molecule has 0 aliphatic carbocycles. The molecule has 0 aliphatic heterocycles. The Kier molecular flexibility index (Phi) is 5.83. The Labute approximate surface area is 176 Å². The average molecular weight is 452 g/mol. The predicted octanol–water partition coefficient (Wildman–Crippen LogP) is 4.62. The first kappa shape index (κ1) is 22.4. The molecule has 0 saturated heterocycles. The van der Waals surface area contributed by atoms with E-state index in [1.807, 2.05) is 0 Å². The Morgan fingerprint density at radius 1 is 1.06 bits per heavy atom. The van der Waals surface area contributed by atoms with Crippen LogP contribution in [0.15, 0.2) is 47.4 Å². The van der Waals surface area contributed by atoms with Crippen LogP contribution in [0.4, 0.5) is 17.6 Å². The number of hydrogen-bond donors (Lipinski definition) is 0. The van der Waals surface area contributed by atoms with Crippen molar-refractivity contribution in [3.8, 4) is 40.1 Å². The number of alkyl halides is 3. The minimum absolute atomic E-state index is 0.00267. The molecule has 0 fully saturated rings. The van der Waals surface area contributed by atoms with E-state index in [-0.39, 0.29) is 33.0 Å². The number of nitrogens with zero attached hydrogens (tertiary/aromatic N) is 2. The van der Waals surface area contributed by atoms with Gasteiger partial charge in [0.1, 0.15) is 5.69 Å². The van der Waals surface area contributed by atoms with Crippen molar-refractivity contribution in [2.24, 2.45) is 0 Å². The van der Waals surface area contributed by atoms with Crippen LogP contribution in [-0.2, 0) is 16.0 Å². The zero-order valence-electron chi connectivity index (χ0n) is 16.6. The third kappa shape index (κ3) is 4.41. The SMILES string of the molecule is CC#Cn1nc(-c2ccc(S(C)(=O)=O)cc2)c(-c2ccc(OC)c(F)c2)c1C(F)(F)F. The Morgan fingerprint density at radius 2 is 1.68 bits per heavy atom. The smallest absolute Gasteiger partial charge is 0.434 e. The van der Waals surface area contributed by atoms with Crippen LogP contribution >= 0.6 is 0 Å². The van der Waals surface area contributed by atoms with Crippen molar-refractivity contribution in [3.05, 3.63) is 54.0 Å². The fourth-order valence-electron chi connectivity index (χ4n) is 3.02. The lowest BCUT2D eigenvalue weighted by molar-refractivity contribution is -0.142. The zero-order valence-corrected chi connectivity index (χ0v) is 17.4. The summed E-state index contributed by atoms with van der Waals surface area (Å²) >= 11 is 0. The molecule has 10 heteroatoms. The maximum absolute atomic E-state index is 14.3. The van der Waals surface area contributed by atoms with Crippen molar-refractivity contribution in [3.63, 3.8) is 0 Å². The van der Waals surface area contributed by atoms with Gasteiger partial charge < -0.3 is 4.74 Å². The van der Waals surface area contributed by atoms with Gasteiger partial charge in [0.25, 0.3) is 0 Å². The molecule has 0 N–H and O–H groups in total. The quantitative estimate of drug-likeness (QED) is 0.428. The second kappa shape index (κ2) is 8.07. The normalized spacial score (nSPS) is 11.7. The molecule has 162 valence electrons. The summed E-state index contributed by atoms with van der Waals surface area (Å²) < 4.78 is 85.0. The largest absolute Gasteiger partial charge is 0.494 e. The molecule has 3 rings (SSSR count). The maximum Gasteiger partial charge on any atom is 0.434 e. The summed E-state index contributed by atoms with van der Waals surface area (Å²) in [5.41, 5.74) is -1.56. The van der Waals surface area contributed by atoms with Gasteiger partial charge >= 0.3 is 6.18 Å². The van der Waals surface area contributed by atoms with Crippen LogP contribution in [0.3, 0.4) is 0 Å². The number of hydrogen-bond acceptors (Lipinski definition) is 4.